The molecule has 1 aromatic heterocycles. The number of ether oxygens (including phenoxy) is 2. The normalized spacial score (nSPS) is 11.5. The molecule has 2 aromatic carbocycles. The van der Waals surface area contributed by atoms with Crippen molar-refractivity contribution in [1.82, 2.24) is 0 Å². The predicted molar refractivity (Wildman–Crippen MR) is 89.3 cm³/mol. The van der Waals surface area contributed by atoms with Crippen LogP contribution in [0.1, 0.15) is 5.56 Å². The zero-order valence-electron chi connectivity index (χ0n) is 12.9. The first-order valence-corrected chi connectivity index (χ1v) is 7.22. The number of hydrogen-bond acceptors (Lipinski definition) is 6. The van der Waals surface area contributed by atoms with Crippen LogP contribution in [-0.4, -0.2) is 24.6 Å². The SMILES string of the molecule is COc1ccc(/C(COc2cc3ccccc3oc2=O)=N/O)cc1. The molecule has 0 fully saturated rings. The highest BCUT2D eigenvalue weighted by atomic mass is 16.5. The Morgan fingerprint density at radius 3 is 2.62 bits per heavy atom. The number of fused-ring (bicyclic) bond motifs is 1. The van der Waals surface area contributed by atoms with Crippen LogP contribution in [0.15, 0.2) is 69.0 Å². The van der Waals surface area contributed by atoms with Crippen molar-refractivity contribution in [3.8, 4) is 11.5 Å². The van der Waals surface area contributed by atoms with Gasteiger partial charge in [0, 0.05) is 10.9 Å². The fourth-order valence-electron chi connectivity index (χ4n) is 2.24. The van der Waals surface area contributed by atoms with Crippen LogP contribution in [0.3, 0.4) is 0 Å². The van der Waals surface area contributed by atoms with Crippen LogP contribution >= 0.6 is 0 Å². The molecule has 0 saturated heterocycles. The third-order valence-electron chi connectivity index (χ3n) is 3.52. The van der Waals surface area contributed by atoms with Gasteiger partial charge in [-0.15, -0.1) is 0 Å². The number of methoxy groups -OCH3 is 1. The monoisotopic (exact) mass is 325 g/mol. The van der Waals surface area contributed by atoms with Crippen LogP contribution in [0.5, 0.6) is 11.5 Å². The molecule has 0 aliphatic heterocycles. The van der Waals surface area contributed by atoms with Gasteiger partial charge in [0.25, 0.3) is 0 Å². The fourth-order valence-corrected chi connectivity index (χ4v) is 2.24. The Morgan fingerprint density at radius 1 is 1.17 bits per heavy atom. The van der Waals surface area contributed by atoms with Gasteiger partial charge in [-0.25, -0.2) is 4.79 Å². The van der Waals surface area contributed by atoms with E-state index in [1.54, 1.807) is 49.6 Å². The number of para-hydroxylation sites is 1. The summed E-state index contributed by atoms with van der Waals surface area (Å²) in [6, 6.07) is 15.7. The lowest BCUT2D eigenvalue weighted by atomic mass is 10.1. The first kappa shape index (κ1) is 15.6. The summed E-state index contributed by atoms with van der Waals surface area (Å²) in [6.45, 7) is -0.0775. The van der Waals surface area contributed by atoms with Crippen molar-refractivity contribution in [2.45, 2.75) is 0 Å². The molecule has 0 saturated carbocycles. The Balaban J connectivity index is 1.80. The highest BCUT2D eigenvalue weighted by molar-refractivity contribution is 6.01. The molecule has 3 rings (SSSR count). The lowest BCUT2D eigenvalue weighted by Gasteiger charge is -2.08. The predicted octanol–water partition coefficient (Wildman–Crippen LogP) is 3.06. The third-order valence-corrected chi connectivity index (χ3v) is 3.52. The largest absolute Gasteiger partial charge is 0.497 e. The minimum absolute atomic E-state index is 0.0587. The van der Waals surface area contributed by atoms with E-state index in [0.717, 1.165) is 5.39 Å². The summed E-state index contributed by atoms with van der Waals surface area (Å²) in [5, 5.41) is 13.2. The van der Waals surface area contributed by atoms with Gasteiger partial charge < -0.3 is 19.1 Å². The van der Waals surface area contributed by atoms with Crippen LogP contribution in [0, 0.1) is 0 Å². The quantitative estimate of drug-likeness (QED) is 0.337. The van der Waals surface area contributed by atoms with Crippen molar-refractivity contribution in [2.75, 3.05) is 13.7 Å². The number of rotatable bonds is 5. The molecule has 0 atom stereocenters. The van der Waals surface area contributed by atoms with Crippen molar-refractivity contribution in [3.63, 3.8) is 0 Å². The van der Waals surface area contributed by atoms with Gasteiger partial charge in [0.2, 0.25) is 5.75 Å². The zero-order chi connectivity index (χ0) is 16.9. The van der Waals surface area contributed by atoms with Crippen LogP contribution in [0.2, 0.25) is 0 Å². The molecule has 0 aliphatic rings. The summed E-state index contributed by atoms with van der Waals surface area (Å²) in [6.07, 6.45) is 0. The molecular weight excluding hydrogens is 310 g/mol. The van der Waals surface area contributed by atoms with Crippen molar-refractivity contribution < 1.29 is 19.1 Å². The topological polar surface area (TPSA) is 81.3 Å². The lowest BCUT2D eigenvalue weighted by Crippen LogP contribution is -2.16. The molecule has 6 nitrogen and oxygen atoms in total. The fraction of sp³-hybridized carbons (Fsp3) is 0.111. The molecule has 0 radical (unpaired) electrons. The van der Waals surface area contributed by atoms with E-state index in [0.29, 0.717) is 16.9 Å². The number of benzene rings is 2. The third kappa shape index (κ3) is 3.22. The maximum Gasteiger partial charge on any atom is 0.379 e. The molecule has 1 heterocycles. The summed E-state index contributed by atoms with van der Waals surface area (Å²) < 4.78 is 15.8. The summed E-state index contributed by atoms with van der Waals surface area (Å²) in [4.78, 5) is 11.9. The summed E-state index contributed by atoms with van der Waals surface area (Å²) in [5.41, 5.74) is 0.843. The zero-order valence-corrected chi connectivity index (χ0v) is 12.9. The van der Waals surface area contributed by atoms with Gasteiger partial charge in [-0.1, -0.05) is 23.4 Å². The Bertz CT molecular complexity index is 928. The molecule has 0 bridgehead atoms. The summed E-state index contributed by atoms with van der Waals surface area (Å²) in [5.74, 6) is 0.746. The Hall–Kier alpha value is -3.28. The van der Waals surface area contributed by atoms with E-state index < -0.39 is 5.63 Å². The molecule has 0 aliphatic carbocycles. The molecule has 24 heavy (non-hydrogen) atoms. The van der Waals surface area contributed by atoms with Gasteiger partial charge in [0.15, 0.2) is 0 Å². The summed E-state index contributed by atoms with van der Waals surface area (Å²) in [7, 11) is 1.57. The van der Waals surface area contributed by atoms with E-state index in [1.165, 1.54) is 0 Å². The van der Waals surface area contributed by atoms with E-state index in [4.69, 9.17) is 13.9 Å². The van der Waals surface area contributed by atoms with Gasteiger partial charge in [0.1, 0.15) is 23.7 Å². The minimum atomic E-state index is -0.583. The molecule has 1 N–H and O–H groups in total. The van der Waals surface area contributed by atoms with E-state index in [1.807, 2.05) is 12.1 Å². The molecule has 6 heteroatoms. The Labute approximate surface area is 137 Å². The van der Waals surface area contributed by atoms with E-state index in [2.05, 4.69) is 5.16 Å². The molecule has 3 aromatic rings. The average Bonchev–Trinajstić information content (AvgIpc) is 2.63. The van der Waals surface area contributed by atoms with Crippen molar-refractivity contribution >= 4 is 16.7 Å². The molecule has 122 valence electrons. The van der Waals surface area contributed by atoms with Crippen molar-refractivity contribution in [2.24, 2.45) is 5.16 Å². The highest BCUT2D eigenvalue weighted by Crippen LogP contribution is 2.17. The first-order valence-electron chi connectivity index (χ1n) is 7.22. The van der Waals surface area contributed by atoms with E-state index in [9.17, 15) is 10.0 Å². The van der Waals surface area contributed by atoms with Gasteiger partial charge in [-0.2, -0.15) is 0 Å². The van der Waals surface area contributed by atoms with Gasteiger partial charge in [-0.05, 0) is 36.4 Å². The van der Waals surface area contributed by atoms with Crippen LogP contribution in [0.4, 0.5) is 0 Å². The average molecular weight is 325 g/mol. The smallest absolute Gasteiger partial charge is 0.379 e. The maximum atomic E-state index is 11.9. The lowest BCUT2D eigenvalue weighted by molar-refractivity contribution is 0.305. The second-order valence-electron chi connectivity index (χ2n) is 5.00. The molecule has 0 amide bonds. The van der Waals surface area contributed by atoms with Gasteiger partial charge >= 0.3 is 5.63 Å². The number of hydrogen-bond donors (Lipinski definition) is 1. The van der Waals surface area contributed by atoms with Crippen molar-refractivity contribution in [1.29, 1.82) is 0 Å². The van der Waals surface area contributed by atoms with E-state index in [-0.39, 0.29) is 18.1 Å². The molecule has 0 unspecified atom stereocenters. The second kappa shape index (κ2) is 6.87. The maximum absolute atomic E-state index is 11.9. The Kier molecular flexibility index (Phi) is 4.47. The van der Waals surface area contributed by atoms with Gasteiger partial charge in [-0.3, -0.25) is 0 Å². The second-order valence-corrected chi connectivity index (χ2v) is 5.00. The molecular formula is C18H15NO5. The van der Waals surface area contributed by atoms with E-state index >= 15 is 0 Å². The number of nitrogens with zero attached hydrogens (tertiary/aromatic N) is 1. The highest BCUT2D eigenvalue weighted by Gasteiger charge is 2.10. The van der Waals surface area contributed by atoms with Gasteiger partial charge in [0.05, 0.1) is 7.11 Å². The van der Waals surface area contributed by atoms with Crippen LogP contribution in [0.25, 0.3) is 11.0 Å². The first-order chi connectivity index (χ1) is 11.7. The molecule has 0 spiro atoms. The van der Waals surface area contributed by atoms with Crippen molar-refractivity contribution in [3.05, 3.63) is 70.6 Å². The summed E-state index contributed by atoms with van der Waals surface area (Å²) >= 11 is 0. The van der Waals surface area contributed by atoms with Crippen LogP contribution in [-0.2, 0) is 0 Å². The van der Waals surface area contributed by atoms with Crippen LogP contribution < -0.4 is 15.1 Å². The number of oxime groups is 1. The Morgan fingerprint density at radius 2 is 1.92 bits per heavy atom. The minimum Gasteiger partial charge on any atom is -0.497 e. The standard InChI is InChI=1S/C18H15NO5/c1-22-14-8-6-12(7-9-14)15(19-21)11-23-17-10-13-4-2-3-5-16(13)24-18(17)20/h2-10,21H,11H2,1H3/b19-15+.